The third-order valence-corrected chi connectivity index (χ3v) is 3.40. The van der Waals surface area contributed by atoms with Gasteiger partial charge in [0.25, 0.3) is 0 Å². The fourth-order valence-electron chi connectivity index (χ4n) is 1.93. The Hall–Kier alpha value is -0.740. The first kappa shape index (κ1) is 10.8. The number of hydrogen-bond acceptors (Lipinski definition) is 3. The van der Waals surface area contributed by atoms with Gasteiger partial charge in [0.15, 0.2) is 0 Å². The minimum atomic E-state index is -0.569. The second-order valence-electron chi connectivity index (χ2n) is 4.38. The molecule has 1 aliphatic rings. The van der Waals surface area contributed by atoms with Crippen molar-refractivity contribution in [2.24, 2.45) is 0 Å². The predicted molar refractivity (Wildman–Crippen MR) is 66.0 cm³/mol. The van der Waals surface area contributed by atoms with Crippen LogP contribution in [0.2, 0.25) is 0 Å². The summed E-state index contributed by atoms with van der Waals surface area (Å²) in [7, 11) is 0. The number of nitrogens with two attached hydrogens (primary N) is 1. The molecule has 1 aromatic rings. The standard InChI is InChI=1S/C11H15BrN2O/c1-11(15)4-5-14(7-11)10-3-2-8(13)6-9(10)12/h2-3,6,15H,4-5,7,13H2,1H3. The Morgan fingerprint density at radius 1 is 1.53 bits per heavy atom. The first-order chi connectivity index (χ1) is 6.98. The Bertz CT molecular complexity index is 379. The van der Waals surface area contributed by atoms with E-state index in [4.69, 9.17) is 5.73 Å². The monoisotopic (exact) mass is 270 g/mol. The number of nitrogens with zero attached hydrogens (tertiary/aromatic N) is 1. The molecule has 0 aromatic heterocycles. The van der Waals surface area contributed by atoms with Crippen molar-refractivity contribution >= 4 is 27.3 Å². The summed E-state index contributed by atoms with van der Waals surface area (Å²) in [6.07, 6.45) is 0.809. The lowest BCUT2D eigenvalue weighted by atomic mass is 10.1. The van der Waals surface area contributed by atoms with Crippen molar-refractivity contribution in [2.75, 3.05) is 23.7 Å². The maximum absolute atomic E-state index is 9.89. The van der Waals surface area contributed by atoms with Crippen molar-refractivity contribution in [3.8, 4) is 0 Å². The highest BCUT2D eigenvalue weighted by Crippen LogP contribution is 2.33. The lowest BCUT2D eigenvalue weighted by Crippen LogP contribution is -2.29. The second kappa shape index (κ2) is 3.68. The number of halogens is 1. The van der Waals surface area contributed by atoms with Gasteiger partial charge in [-0.3, -0.25) is 0 Å². The van der Waals surface area contributed by atoms with Gasteiger partial charge in [0, 0.05) is 23.2 Å². The number of anilines is 2. The zero-order valence-electron chi connectivity index (χ0n) is 8.70. The van der Waals surface area contributed by atoms with E-state index >= 15 is 0 Å². The normalized spacial score (nSPS) is 25.9. The van der Waals surface area contributed by atoms with E-state index in [0.717, 1.165) is 28.8 Å². The van der Waals surface area contributed by atoms with Gasteiger partial charge in [0.2, 0.25) is 0 Å². The molecule has 82 valence electrons. The van der Waals surface area contributed by atoms with Crippen LogP contribution >= 0.6 is 15.9 Å². The first-order valence-electron chi connectivity index (χ1n) is 5.00. The number of rotatable bonds is 1. The Morgan fingerprint density at radius 3 is 2.80 bits per heavy atom. The Kier molecular flexibility index (Phi) is 2.64. The zero-order valence-corrected chi connectivity index (χ0v) is 10.3. The topological polar surface area (TPSA) is 49.5 Å². The summed E-state index contributed by atoms with van der Waals surface area (Å²) in [6.45, 7) is 3.43. The summed E-state index contributed by atoms with van der Waals surface area (Å²) in [6, 6.07) is 5.76. The van der Waals surface area contributed by atoms with Gasteiger partial charge in [0.1, 0.15) is 0 Å². The molecule has 1 fully saturated rings. The van der Waals surface area contributed by atoms with Crippen LogP contribution in [0.1, 0.15) is 13.3 Å². The third kappa shape index (κ3) is 2.26. The van der Waals surface area contributed by atoms with Crippen molar-refractivity contribution in [1.82, 2.24) is 0 Å². The third-order valence-electron chi connectivity index (χ3n) is 2.76. The average molecular weight is 271 g/mol. The molecule has 0 aliphatic carbocycles. The number of benzene rings is 1. The van der Waals surface area contributed by atoms with Crippen molar-refractivity contribution in [3.05, 3.63) is 22.7 Å². The summed E-state index contributed by atoms with van der Waals surface area (Å²) in [4.78, 5) is 2.17. The van der Waals surface area contributed by atoms with E-state index in [2.05, 4.69) is 20.8 Å². The molecular formula is C11H15BrN2O. The largest absolute Gasteiger partial charge is 0.399 e. The molecule has 0 radical (unpaired) electrons. The van der Waals surface area contributed by atoms with Gasteiger partial charge in [-0.05, 0) is 47.5 Å². The van der Waals surface area contributed by atoms with Gasteiger partial charge in [-0.15, -0.1) is 0 Å². The average Bonchev–Trinajstić information content (AvgIpc) is 2.46. The number of aliphatic hydroxyl groups is 1. The Morgan fingerprint density at radius 2 is 2.27 bits per heavy atom. The summed E-state index contributed by atoms with van der Waals surface area (Å²) >= 11 is 3.49. The lowest BCUT2D eigenvalue weighted by Gasteiger charge is -2.22. The number of nitrogen functional groups attached to an aromatic ring is 1. The molecule has 1 aliphatic heterocycles. The molecular weight excluding hydrogens is 256 g/mol. The van der Waals surface area contributed by atoms with Crippen molar-refractivity contribution < 1.29 is 5.11 Å². The molecule has 3 N–H and O–H groups in total. The number of β-amino-alcohol motifs (C(OH)–C–C–N with tert-alkyl or cyclic N) is 1. The molecule has 1 unspecified atom stereocenters. The smallest absolute Gasteiger partial charge is 0.0810 e. The molecule has 0 bridgehead atoms. The van der Waals surface area contributed by atoms with Gasteiger partial charge >= 0.3 is 0 Å². The van der Waals surface area contributed by atoms with Crippen LogP contribution in [-0.4, -0.2) is 23.8 Å². The van der Waals surface area contributed by atoms with Crippen molar-refractivity contribution in [3.63, 3.8) is 0 Å². The second-order valence-corrected chi connectivity index (χ2v) is 5.23. The number of hydrogen-bond donors (Lipinski definition) is 2. The van der Waals surface area contributed by atoms with Crippen LogP contribution < -0.4 is 10.6 Å². The van der Waals surface area contributed by atoms with Crippen molar-refractivity contribution in [2.45, 2.75) is 18.9 Å². The molecule has 0 spiro atoms. The van der Waals surface area contributed by atoms with Gasteiger partial charge in [0.05, 0.1) is 11.3 Å². The van der Waals surface area contributed by atoms with Gasteiger partial charge < -0.3 is 15.7 Å². The van der Waals surface area contributed by atoms with E-state index in [0.29, 0.717) is 6.54 Å². The van der Waals surface area contributed by atoms with E-state index in [1.54, 1.807) is 0 Å². The van der Waals surface area contributed by atoms with E-state index in [-0.39, 0.29) is 0 Å². The van der Waals surface area contributed by atoms with Crippen LogP contribution in [0.15, 0.2) is 22.7 Å². The molecule has 1 heterocycles. The molecule has 1 saturated heterocycles. The maximum atomic E-state index is 9.89. The highest BCUT2D eigenvalue weighted by atomic mass is 79.9. The summed E-state index contributed by atoms with van der Waals surface area (Å²) in [5, 5.41) is 9.89. The van der Waals surface area contributed by atoms with Crippen LogP contribution in [0.4, 0.5) is 11.4 Å². The molecule has 1 aromatic carbocycles. The molecule has 1 atom stereocenters. The van der Waals surface area contributed by atoms with E-state index in [1.165, 1.54) is 0 Å². The fraction of sp³-hybridized carbons (Fsp3) is 0.455. The zero-order chi connectivity index (χ0) is 11.1. The van der Waals surface area contributed by atoms with E-state index < -0.39 is 5.60 Å². The van der Waals surface area contributed by atoms with Gasteiger partial charge in [-0.25, -0.2) is 0 Å². The van der Waals surface area contributed by atoms with Gasteiger partial charge in [-0.1, -0.05) is 0 Å². The highest BCUT2D eigenvalue weighted by Gasteiger charge is 2.31. The summed E-state index contributed by atoms with van der Waals surface area (Å²) in [5.74, 6) is 0. The lowest BCUT2D eigenvalue weighted by molar-refractivity contribution is 0.0839. The Labute approximate surface area is 98.0 Å². The van der Waals surface area contributed by atoms with Crippen LogP contribution in [0.3, 0.4) is 0 Å². The Balaban J connectivity index is 2.24. The highest BCUT2D eigenvalue weighted by molar-refractivity contribution is 9.10. The van der Waals surface area contributed by atoms with E-state index in [1.807, 2.05) is 25.1 Å². The summed E-state index contributed by atoms with van der Waals surface area (Å²) in [5.41, 5.74) is 6.96. The van der Waals surface area contributed by atoms with Crippen LogP contribution in [-0.2, 0) is 0 Å². The van der Waals surface area contributed by atoms with Crippen LogP contribution in [0, 0.1) is 0 Å². The van der Waals surface area contributed by atoms with Crippen molar-refractivity contribution in [1.29, 1.82) is 0 Å². The maximum Gasteiger partial charge on any atom is 0.0810 e. The molecule has 2 rings (SSSR count). The minimum Gasteiger partial charge on any atom is -0.399 e. The van der Waals surface area contributed by atoms with Gasteiger partial charge in [-0.2, -0.15) is 0 Å². The SMILES string of the molecule is CC1(O)CCN(c2ccc(N)cc2Br)C1. The quantitative estimate of drug-likeness (QED) is 0.768. The minimum absolute atomic E-state index is 0.569. The predicted octanol–water partition coefficient (Wildman–Crippen LogP) is 1.99. The molecule has 0 amide bonds. The molecule has 0 saturated carbocycles. The fourth-order valence-corrected chi connectivity index (χ4v) is 2.58. The van der Waals surface area contributed by atoms with Crippen LogP contribution in [0.5, 0.6) is 0 Å². The van der Waals surface area contributed by atoms with E-state index in [9.17, 15) is 5.11 Å². The summed E-state index contributed by atoms with van der Waals surface area (Å²) < 4.78 is 0.986. The molecule has 4 heteroatoms. The van der Waals surface area contributed by atoms with Crippen LogP contribution in [0.25, 0.3) is 0 Å². The first-order valence-corrected chi connectivity index (χ1v) is 5.80. The molecule has 3 nitrogen and oxygen atoms in total. The molecule has 15 heavy (non-hydrogen) atoms.